The van der Waals surface area contributed by atoms with Crippen LogP contribution in [0.5, 0.6) is 0 Å². The van der Waals surface area contributed by atoms with Crippen molar-refractivity contribution in [2.45, 2.75) is 217 Å². The molecule has 0 N–H and O–H groups in total. The molecule has 2 rings (SSSR count). The predicted octanol–water partition coefficient (Wildman–Crippen LogP) is 14.3. The van der Waals surface area contributed by atoms with Gasteiger partial charge in [0.2, 0.25) is 0 Å². The van der Waals surface area contributed by atoms with Crippen molar-refractivity contribution in [1.29, 1.82) is 0 Å². The lowest BCUT2D eigenvalue weighted by molar-refractivity contribution is -0.888. The Morgan fingerprint density at radius 2 is 0.613 bits per heavy atom. The molecule has 0 aromatic heterocycles. The second-order valence-electron chi connectivity index (χ2n) is 18.9. The number of aromatic carboxylic acids is 2. The van der Waals surface area contributed by atoms with Crippen LogP contribution in [0, 0.1) is 0 Å². The first-order valence-corrected chi connectivity index (χ1v) is 27.6. The second kappa shape index (κ2) is 40.5. The highest BCUT2D eigenvalue weighted by molar-refractivity contribution is 8.76. The predicted molar refractivity (Wildman–Crippen MR) is 269 cm³/mol. The molecule has 0 saturated carbocycles. The van der Waals surface area contributed by atoms with Crippen LogP contribution in [0.4, 0.5) is 0 Å². The van der Waals surface area contributed by atoms with Gasteiger partial charge in [0, 0.05) is 20.9 Å². The van der Waals surface area contributed by atoms with Gasteiger partial charge in [-0.25, -0.2) is 0 Å². The van der Waals surface area contributed by atoms with Crippen LogP contribution in [-0.4, -0.2) is 75.3 Å². The number of rotatable bonds is 37. The minimum atomic E-state index is -1.26. The fourth-order valence-corrected chi connectivity index (χ4v) is 9.63. The van der Waals surface area contributed by atoms with Gasteiger partial charge in [-0.15, -0.1) is 0 Å². The quantitative estimate of drug-likeness (QED) is 0.0382. The standard InChI is InChI=1S/2C20H44N.C14H10O4S2/c2*1-5-7-8-9-10-11-12-13-14-15-16-17-18-19-20-21(3,4)6-2;15-13(16)9-5-1-3-7-11(9)19-20-12-8-4-2-6-10(12)14(17)18/h2*5-20H2,1-4H3;1-8H,(H,15,16)(H,17,18)/q2*+1;/p-2. The number of nitrogens with zero attached hydrogens (tertiary/aromatic N) is 2. The van der Waals surface area contributed by atoms with Gasteiger partial charge in [-0.05, 0) is 51.7 Å². The number of hydrogen-bond acceptors (Lipinski definition) is 6. The summed E-state index contributed by atoms with van der Waals surface area (Å²) in [7, 11) is 11.7. The van der Waals surface area contributed by atoms with Crippen molar-refractivity contribution in [3.63, 3.8) is 0 Å². The highest BCUT2D eigenvalue weighted by Gasteiger charge is 2.11. The summed E-state index contributed by atoms with van der Waals surface area (Å²) < 4.78 is 2.39. The SMILES string of the molecule is CCCCCCCCCCCCCCCC[N+](C)(C)CC.CCCCCCCCCCCCCCCC[N+](C)(C)CC.O=C([O-])c1ccccc1SSc1ccccc1C(=O)[O-]. The Balaban J connectivity index is 0.000000900. The van der Waals surface area contributed by atoms with Gasteiger partial charge in [-0.3, -0.25) is 0 Å². The van der Waals surface area contributed by atoms with Crippen molar-refractivity contribution in [3.8, 4) is 0 Å². The summed E-state index contributed by atoms with van der Waals surface area (Å²) >= 11 is 0. The van der Waals surface area contributed by atoms with E-state index in [0.717, 1.165) is 21.6 Å². The topological polar surface area (TPSA) is 80.3 Å². The van der Waals surface area contributed by atoms with Crippen molar-refractivity contribution >= 4 is 33.5 Å². The van der Waals surface area contributed by atoms with Crippen LogP contribution in [0.1, 0.15) is 228 Å². The molecule has 2 aromatic carbocycles. The Kier molecular flexibility index (Phi) is 39.2. The van der Waals surface area contributed by atoms with Gasteiger partial charge >= 0.3 is 0 Å². The van der Waals surface area contributed by atoms with E-state index in [2.05, 4.69) is 55.9 Å². The van der Waals surface area contributed by atoms with Crippen molar-refractivity contribution in [2.24, 2.45) is 0 Å². The largest absolute Gasteiger partial charge is 0.545 e. The van der Waals surface area contributed by atoms with Gasteiger partial charge in [0.1, 0.15) is 0 Å². The monoisotopic (exact) mass is 901 g/mol. The first-order valence-electron chi connectivity index (χ1n) is 25.4. The Morgan fingerprint density at radius 3 is 0.839 bits per heavy atom. The van der Waals surface area contributed by atoms with E-state index in [0.29, 0.717) is 9.79 Å². The van der Waals surface area contributed by atoms with Crippen molar-refractivity contribution in [1.82, 2.24) is 0 Å². The lowest BCUT2D eigenvalue weighted by Gasteiger charge is -2.28. The smallest absolute Gasteiger partial charge is 0.0782 e. The van der Waals surface area contributed by atoms with Gasteiger partial charge in [-0.2, -0.15) is 0 Å². The molecular weight excluding hydrogens is 805 g/mol. The molecule has 0 fully saturated rings. The minimum absolute atomic E-state index is 0.0796. The number of carboxylic acids is 2. The lowest BCUT2D eigenvalue weighted by atomic mass is 10.0. The van der Waals surface area contributed by atoms with Gasteiger partial charge in [0.15, 0.2) is 0 Å². The van der Waals surface area contributed by atoms with Crippen molar-refractivity contribution < 1.29 is 28.8 Å². The van der Waals surface area contributed by atoms with E-state index in [9.17, 15) is 19.8 Å². The van der Waals surface area contributed by atoms with E-state index in [1.807, 2.05) is 0 Å². The molecule has 6 nitrogen and oxygen atoms in total. The molecule has 62 heavy (non-hydrogen) atoms. The molecule has 0 atom stereocenters. The number of carboxylic acid groups (broad SMARTS) is 2. The molecule has 8 heteroatoms. The second-order valence-corrected chi connectivity index (χ2v) is 21.1. The highest BCUT2D eigenvalue weighted by atomic mass is 33.1. The minimum Gasteiger partial charge on any atom is -0.545 e. The number of unbranched alkanes of at least 4 members (excludes halogenated alkanes) is 26. The summed E-state index contributed by atoms with van der Waals surface area (Å²) in [6.07, 6.45) is 40.8. The van der Waals surface area contributed by atoms with Crippen LogP contribution >= 0.6 is 21.6 Å². The Hall–Kier alpha value is -2.00. The third-order valence-corrected chi connectivity index (χ3v) is 14.9. The fraction of sp³-hybridized carbons (Fsp3) is 0.741. The zero-order valence-corrected chi connectivity index (χ0v) is 43.2. The highest BCUT2D eigenvalue weighted by Crippen LogP contribution is 2.40. The maximum atomic E-state index is 11.0. The van der Waals surface area contributed by atoms with E-state index in [-0.39, 0.29) is 11.1 Å². The normalized spacial score (nSPS) is 11.4. The number of hydrogen-bond donors (Lipinski definition) is 0. The molecule has 0 bridgehead atoms. The van der Waals surface area contributed by atoms with Crippen LogP contribution in [0.2, 0.25) is 0 Å². The molecule has 0 saturated heterocycles. The van der Waals surface area contributed by atoms with Gasteiger partial charge in [-0.1, -0.05) is 226 Å². The maximum absolute atomic E-state index is 11.0. The number of benzene rings is 2. The third kappa shape index (κ3) is 35.4. The van der Waals surface area contributed by atoms with Crippen LogP contribution < -0.4 is 10.2 Å². The summed E-state index contributed by atoms with van der Waals surface area (Å²) in [5, 5.41) is 21.9. The molecule has 0 amide bonds. The van der Waals surface area contributed by atoms with Crippen molar-refractivity contribution in [2.75, 3.05) is 54.4 Å². The molecular formula is C54H96N2O4S2. The van der Waals surface area contributed by atoms with E-state index in [4.69, 9.17) is 0 Å². The van der Waals surface area contributed by atoms with Crippen LogP contribution in [0.25, 0.3) is 0 Å². The maximum Gasteiger partial charge on any atom is 0.0782 e. The summed E-state index contributed by atoms with van der Waals surface area (Å²) in [4.78, 5) is 23.0. The zero-order chi connectivity index (χ0) is 46.2. The zero-order valence-electron chi connectivity index (χ0n) is 41.6. The summed E-state index contributed by atoms with van der Waals surface area (Å²) in [6, 6.07) is 12.8. The third-order valence-electron chi connectivity index (χ3n) is 12.4. The fourth-order valence-electron chi connectivity index (χ4n) is 7.29. The first kappa shape index (κ1) is 60.0. The summed E-state index contributed by atoms with van der Waals surface area (Å²) in [6.45, 7) is 14.4. The number of carbonyl (C=O) groups is 2. The molecule has 0 aliphatic heterocycles. The van der Waals surface area contributed by atoms with Crippen molar-refractivity contribution in [3.05, 3.63) is 59.7 Å². The molecule has 0 spiro atoms. The lowest BCUT2D eigenvalue weighted by Crippen LogP contribution is -2.39. The molecule has 358 valence electrons. The molecule has 0 aliphatic carbocycles. The average molecular weight is 902 g/mol. The van der Waals surface area contributed by atoms with E-state index in [1.165, 1.54) is 227 Å². The van der Waals surface area contributed by atoms with Crippen LogP contribution in [0.3, 0.4) is 0 Å². The van der Waals surface area contributed by atoms with Gasteiger partial charge in [0.25, 0.3) is 0 Å². The summed E-state index contributed by atoms with van der Waals surface area (Å²) in [5.41, 5.74) is 0.159. The Morgan fingerprint density at radius 1 is 0.387 bits per heavy atom. The molecule has 0 heterocycles. The summed E-state index contributed by atoms with van der Waals surface area (Å²) in [5.74, 6) is -2.52. The van der Waals surface area contributed by atoms with E-state index < -0.39 is 11.9 Å². The van der Waals surface area contributed by atoms with Gasteiger partial charge in [0.05, 0.1) is 66.3 Å². The molecule has 0 aliphatic rings. The first-order chi connectivity index (χ1) is 29.8. The van der Waals surface area contributed by atoms with Crippen LogP contribution in [0.15, 0.2) is 58.3 Å². The molecule has 0 radical (unpaired) electrons. The number of quaternary nitrogens is 2. The van der Waals surface area contributed by atoms with Crippen LogP contribution in [-0.2, 0) is 0 Å². The molecule has 2 aromatic rings. The Labute approximate surface area is 391 Å². The van der Waals surface area contributed by atoms with E-state index >= 15 is 0 Å². The van der Waals surface area contributed by atoms with Gasteiger partial charge < -0.3 is 28.8 Å². The Bertz CT molecular complexity index is 1250. The van der Waals surface area contributed by atoms with E-state index in [1.54, 1.807) is 36.4 Å². The number of carbonyl (C=O) groups excluding carboxylic acids is 2. The average Bonchev–Trinajstić information content (AvgIpc) is 3.26. The molecule has 0 unspecified atom stereocenters.